The van der Waals surface area contributed by atoms with Gasteiger partial charge >= 0.3 is 12.2 Å². The molecule has 2 aromatic carbocycles. The van der Waals surface area contributed by atoms with Crippen molar-refractivity contribution in [3.63, 3.8) is 0 Å². The molecule has 0 radical (unpaired) electrons. The van der Waals surface area contributed by atoms with Gasteiger partial charge < -0.3 is 45.0 Å². The van der Waals surface area contributed by atoms with Crippen LogP contribution in [0.25, 0.3) is 22.5 Å². The summed E-state index contributed by atoms with van der Waals surface area (Å²) in [6.45, 7) is 6.29. The third-order valence-electron chi connectivity index (χ3n) is 10.2. The van der Waals surface area contributed by atoms with Crippen molar-refractivity contribution >= 4 is 24.0 Å². The monoisotopic (exact) mass is 764 g/mol. The van der Waals surface area contributed by atoms with E-state index in [0.717, 1.165) is 52.9 Å². The Morgan fingerprint density at radius 1 is 0.714 bits per heavy atom. The second-order valence-corrected chi connectivity index (χ2v) is 14.4. The molecule has 15 nitrogen and oxygen atoms in total. The van der Waals surface area contributed by atoms with Gasteiger partial charge in [-0.15, -0.1) is 0 Å². The Morgan fingerprint density at radius 2 is 1.12 bits per heavy atom. The molecule has 4 heterocycles. The van der Waals surface area contributed by atoms with Gasteiger partial charge in [0.05, 0.1) is 56.2 Å². The highest BCUT2D eigenvalue weighted by Gasteiger charge is 2.39. The number of alkyl carbamates (subject to hydrolysis) is 2. The van der Waals surface area contributed by atoms with Crippen molar-refractivity contribution < 1.29 is 33.8 Å². The van der Waals surface area contributed by atoms with E-state index in [-0.39, 0.29) is 23.9 Å². The molecule has 0 aliphatic carbocycles. The van der Waals surface area contributed by atoms with Crippen LogP contribution in [0.2, 0.25) is 0 Å². The number of likely N-dealkylation sites (tertiary alicyclic amines) is 2. The fourth-order valence-electron chi connectivity index (χ4n) is 7.18. The van der Waals surface area contributed by atoms with Crippen molar-refractivity contribution in [2.24, 2.45) is 5.92 Å². The van der Waals surface area contributed by atoms with E-state index in [0.29, 0.717) is 31.2 Å². The first-order valence-electron chi connectivity index (χ1n) is 18.8. The van der Waals surface area contributed by atoms with Crippen LogP contribution in [0.15, 0.2) is 60.9 Å². The second kappa shape index (κ2) is 17.5. The first kappa shape index (κ1) is 39.6. The van der Waals surface area contributed by atoms with Crippen molar-refractivity contribution in [3.05, 3.63) is 83.7 Å². The molecule has 0 spiro atoms. The highest BCUT2D eigenvalue weighted by Crippen LogP contribution is 2.34. The van der Waals surface area contributed by atoms with E-state index >= 15 is 0 Å². The van der Waals surface area contributed by atoms with E-state index in [4.69, 9.17) is 4.74 Å². The number of aromatic amines is 2. The van der Waals surface area contributed by atoms with Crippen molar-refractivity contribution in [1.29, 1.82) is 0 Å². The van der Waals surface area contributed by atoms with Gasteiger partial charge in [0, 0.05) is 24.2 Å². The lowest BCUT2D eigenvalue weighted by molar-refractivity contribution is -0.137. The molecule has 0 saturated carbocycles. The number of amides is 4. The van der Waals surface area contributed by atoms with Crippen LogP contribution in [-0.2, 0) is 19.1 Å². The van der Waals surface area contributed by atoms with Crippen LogP contribution >= 0.6 is 0 Å². The number of hydrogen-bond donors (Lipinski definition) is 5. The highest BCUT2D eigenvalue weighted by molar-refractivity contribution is 5.87. The van der Waals surface area contributed by atoms with Crippen LogP contribution in [0, 0.1) is 17.8 Å². The highest BCUT2D eigenvalue weighted by atomic mass is 16.5. The maximum atomic E-state index is 13.5. The summed E-state index contributed by atoms with van der Waals surface area (Å²) in [4.78, 5) is 69.9. The molecule has 0 unspecified atom stereocenters. The summed E-state index contributed by atoms with van der Waals surface area (Å²) in [5, 5.41) is 15.3. The van der Waals surface area contributed by atoms with E-state index in [1.54, 1.807) is 22.2 Å². The molecule has 2 aliphatic heterocycles. The van der Waals surface area contributed by atoms with Crippen LogP contribution in [-0.4, -0.2) is 104 Å². The molecule has 2 saturated heterocycles. The zero-order valence-corrected chi connectivity index (χ0v) is 32.2. The SMILES string of the molecule is COC(=O)N[C@H](C(=O)N1CCC[C@H]1c1ncc(-c2ccc(C#Cc3ccc(-c4cnc([C@@H]5CCCN5C(=O)[C@@H](NC(=O)OC)[C@@H](C)O)[nH]4)cc3)cc2)[nH]1)C(C)C. The quantitative estimate of drug-likeness (QED) is 0.143. The Hall–Kier alpha value is -6.14. The lowest BCUT2D eigenvalue weighted by Gasteiger charge is -2.30. The Bertz CT molecular complexity index is 1930. The number of carbonyl (C=O) groups excluding carboxylic acids is 4. The Kier molecular flexibility index (Phi) is 12.4. The Morgan fingerprint density at radius 3 is 1.52 bits per heavy atom. The number of nitrogens with zero attached hydrogens (tertiary/aromatic N) is 4. The minimum absolute atomic E-state index is 0.112. The van der Waals surface area contributed by atoms with E-state index in [9.17, 15) is 24.3 Å². The number of nitrogens with one attached hydrogen (secondary N) is 4. The van der Waals surface area contributed by atoms with Gasteiger partial charge in [-0.05, 0) is 73.9 Å². The number of aliphatic hydroxyl groups is 1. The number of rotatable bonds is 10. The Labute approximate surface area is 325 Å². The Balaban J connectivity index is 1.08. The summed E-state index contributed by atoms with van der Waals surface area (Å²) >= 11 is 0. The molecule has 2 fully saturated rings. The zero-order valence-electron chi connectivity index (χ0n) is 32.2. The van der Waals surface area contributed by atoms with Crippen LogP contribution < -0.4 is 10.6 Å². The normalized spacial score (nSPS) is 18.1. The number of benzene rings is 2. The van der Waals surface area contributed by atoms with Crippen molar-refractivity contribution in [1.82, 2.24) is 40.4 Å². The maximum Gasteiger partial charge on any atom is 0.407 e. The summed E-state index contributed by atoms with van der Waals surface area (Å²) in [6.07, 6.45) is 4.05. The molecular formula is C41H48N8O7. The van der Waals surface area contributed by atoms with Crippen LogP contribution in [0.5, 0.6) is 0 Å². The number of aromatic nitrogens is 4. The van der Waals surface area contributed by atoms with Crippen LogP contribution in [0.1, 0.15) is 81.3 Å². The lowest BCUT2D eigenvalue weighted by atomic mass is 10.0. The molecule has 6 rings (SSSR count). The number of H-pyrrole nitrogens is 2. The molecular weight excluding hydrogens is 716 g/mol. The largest absolute Gasteiger partial charge is 0.453 e. The predicted octanol–water partition coefficient (Wildman–Crippen LogP) is 4.68. The average molecular weight is 765 g/mol. The first-order valence-corrected chi connectivity index (χ1v) is 18.8. The molecule has 2 aromatic heterocycles. The van der Waals surface area contributed by atoms with Crippen molar-refractivity contribution in [2.75, 3.05) is 27.3 Å². The second-order valence-electron chi connectivity index (χ2n) is 14.4. The van der Waals surface area contributed by atoms with E-state index in [1.807, 2.05) is 62.4 Å². The predicted molar refractivity (Wildman–Crippen MR) is 207 cm³/mol. The lowest BCUT2D eigenvalue weighted by Crippen LogP contribution is -2.53. The van der Waals surface area contributed by atoms with Gasteiger partial charge in [-0.2, -0.15) is 0 Å². The summed E-state index contributed by atoms with van der Waals surface area (Å²) in [7, 11) is 2.48. The topological polar surface area (TPSA) is 195 Å². The van der Waals surface area contributed by atoms with Gasteiger partial charge in [0.2, 0.25) is 11.8 Å². The molecule has 5 atom stereocenters. The molecule has 5 N–H and O–H groups in total. The standard InChI is InChI=1S/C41H48N8O7/c1-24(2)34(46-40(53)55-4)38(51)48-20-6-8-32(48)36-42-22-30(44-36)28-16-12-26(13-17-28)10-11-27-14-18-29(19-15-27)31-23-43-37(45-31)33-9-7-21-49(33)39(52)35(25(3)50)47-41(54)56-5/h12-19,22-25,32-35,50H,6-9,20-21H2,1-5H3,(H,42,44)(H,43,45)(H,46,53)(H,47,54)/t25-,32+,33+,34+,35+/m1/s1. The van der Waals surface area contributed by atoms with Crippen molar-refractivity contribution in [2.45, 2.75) is 76.7 Å². The number of aliphatic hydroxyl groups excluding tert-OH is 1. The molecule has 4 aromatic rings. The summed E-state index contributed by atoms with van der Waals surface area (Å²) in [5.74, 6) is 7.12. The average Bonchev–Trinajstić information content (AvgIpc) is 4.04. The molecule has 4 amide bonds. The zero-order chi connectivity index (χ0) is 39.9. The van der Waals surface area contributed by atoms with Gasteiger partial charge in [0.25, 0.3) is 0 Å². The molecule has 56 heavy (non-hydrogen) atoms. The van der Waals surface area contributed by atoms with E-state index < -0.39 is 36.3 Å². The fraction of sp³-hybridized carbons (Fsp3) is 0.415. The number of methoxy groups -OCH3 is 2. The summed E-state index contributed by atoms with van der Waals surface area (Å²) in [6, 6.07) is 13.3. The summed E-state index contributed by atoms with van der Waals surface area (Å²) < 4.78 is 9.37. The molecule has 2 aliphatic rings. The third kappa shape index (κ3) is 8.87. The van der Waals surface area contributed by atoms with Crippen LogP contribution in [0.3, 0.4) is 0 Å². The van der Waals surface area contributed by atoms with Crippen LogP contribution in [0.4, 0.5) is 9.59 Å². The smallest absolute Gasteiger partial charge is 0.407 e. The summed E-state index contributed by atoms with van der Waals surface area (Å²) in [5.41, 5.74) is 5.14. The van der Waals surface area contributed by atoms with E-state index in [2.05, 4.69) is 47.1 Å². The van der Waals surface area contributed by atoms with Crippen molar-refractivity contribution in [3.8, 4) is 34.4 Å². The molecule has 294 valence electrons. The third-order valence-corrected chi connectivity index (χ3v) is 10.2. The van der Waals surface area contributed by atoms with Gasteiger partial charge in [-0.25, -0.2) is 19.6 Å². The first-order chi connectivity index (χ1) is 27.0. The molecule has 15 heteroatoms. The van der Waals surface area contributed by atoms with Gasteiger partial charge in [0.15, 0.2) is 0 Å². The number of imidazole rings is 2. The van der Waals surface area contributed by atoms with E-state index in [1.165, 1.54) is 21.1 Å². The van der Waals surface area contributed by atoms with Gasteiger partial charge in [-0.1, -0.05) is 50.0 Å². The van der Waals surface area contributed by atoms with Gasteiger partial charge in [-0.3, -0.25) is 9.59 Å². The maximum absolute atomic E-state index is 13.5. The number of carbonyl (C=O) groups is 4. The molecule has 0 bridgehead atoms. The number of ether oxygens (including phenoxy) is 2. The number of hydrogen-bond acceptors (Lipinski definition) is 9. The fourth-order valence-corrected chi connectivity index (χ4v) is 7.18. The minimum atomic E-state index is -1.13. The minimum Gasteiger partial charge on any atom is -0.453 e. The van der Waals surface area contributed by atoms with Gasteiger partial charge in [0.1, 0.15) is 23.7 Å².